The predicted molar refractivity (Wildman–Crippen MR) is 59.0 cm³/mol. The van der Waals surface area contributed by atoms with E-state index in [2.05, 4.69) is 12.8 Å². The third kappa shape index (κ3) is 2.19. The Kier molecular flexibility index (Phi) is 3.33. The zero-order chi connectivity index (χ0) is 10.7. The number of hydrogen-bond donors (Lipinski definition) is 0. The second-order valence-corrected chi connectivity index (χ2v) is 4.72. The van der Waals surface area contributed by atoms with Gasteiger partial charge in [0.15, 0.2) is 12.1 Å². The predicted octanol–water partition coefficient (Wildman–Crippen LogP) is 3.07. The Morgan fingerprint density at radius 3 is 2.87 bits per heavy atom. The van der Waals surface area contributed by atoms with E-state index in [1.54, 1.807) is 0 Å². The van der Waals surface area contributed by atoms with Gasteiger partial charge >= 0.3 is 0 Å². The number of ether oxygens (including phenoxy) is 2. The number of unbranched alkanes of at least 4 members (excludes halogenated alkanes) is 1. The molecule has 0 aromatic heterocycles. The highest BCUT2D eigenvalue weighted by Crippen LogP contribution is 2.46. The molecule has 2 fully saturated rings. The topological polar surface area (TPSA) is 18.5 Å². The van der Waals surface area contributed by atoms with Crippen LogP contribution in [0.3, 0.4) is 0 Å². The van der Waals surface area contributed by atoms with Crippen LogP contribution in [0.2, 0.25) is 0 Å². The molecule has 15 heavy (non-hydrogen) atoms. The molecule has 1 unspecified atom stereocenters. The summed E-state index contributed by atoms with van der Waals surface area (Å²) in [5.74, 6) is 2.97. The monoisotopic (exact) mass is 208 g/mol. The molecule has 1 heterocycles. The van der Waals surface area contributed by atoms with Gasteiger partial charge in [-0.1, -0.05) is 13.3 Å². The van der Waals surface area contributed by atoms with Gasteiger partial charge in [-0.15, -0.1) is 12.3 Å². The summed E-state index contributed by atoms with van der Waals surface area (Å²) in [5, 5.41) is 0. The number of hydrogen-bond acceptors (Lipinski definition) is 2. The van der Waals surface area contributed by atoms with Gasteiger partial charge in [0.05, 0.1) is 0 Å². The van der Waals surface area contributed by atoms with Gasteiger partial charge in [0, 0.05) is 18.8 Å². The van der Waals surface area contributed by atoms with Gasteiger partial charge in [0.25, 0.3) is 0 Å². The first-order chi connectivity index (χ1) is 7.27. The average Bonchev–Trinajstić information content (AvgIpc) is 2.18. The molecule has 0 radical (unpaired) electrons. The lowest BCUT2D eigenvalue weighted by atomic mass is 9.83. The van der Waals surface area contributed by atoms with Crippen molar-refractivity contribution in [3.05, 3.63) is 0 Å². The van der Waals surface area contributed by atoms with Crippen LogP contribution in [-0.2, 0) is 9.47 Å². The van der Waals surface area contributed by atoms with Crippen LogP contribution < -0.4 is 0 Å². The summed E-state index contributed by atoms with van der Waals surface area (Å²) in [7, 11) is 0. The highest BCUT2D eigenvalue weighted by atomic mass is 16.9. The van der Waals surface area contributed by atoms with E-state index in [1.807, 2.05) is 0 Å². The van der Waals surface area contributed by atoms with Crippen molar-refractivity contribution in [2.75, 3.05) is 0 Å². The first-order valence-electron chi connectivity index (χ1n) is 6.06. The lowest BCUT2D eigenvalue weighted by Gasteiger charge is -2.53. The molecule has 1 atom stereocenters. The van der Waals surface area contributed by atoms with Crippen LogP contribution in [0.25, 0.3) is 0 Å². The van der Waals surface area contributed by atoms with Crippen molar-refractivity contribution >= 4 is 0 Å². The van der Waals surface area contributed by atoms with Gasteiger partial charge in [-0.2, -0.15) is 0 Å². The summed E-state index contributed by atoms with van der Waals surface area (Å²) in [6, 6.07) is 0. The molecule has 0 amide bonds. The maximum atomic E-state index is 5.94. The lowest BCUT2D eigenvalue weighted by Crippen LogP contribution is -2.58. The molecule has 0 aromatic carbocycles. The SMILES string of the molecule is C#CCCCC1OC2(CCCCC2C)O1. The lowest BCUT2D eigenvalue weighted by molar-refractivity contribution is -0.474. The van der Waals surface area contributed by atoms with E-state index in [0.29, 0.717) is 5.92 Å². The smallest absolute Gasteiger partial charge is 0.177 e. The molecule has 1 spiro atoms. The zero-order valence-electron chi connectivity index (χ0n) is 9.50. The third-order valence-electron chi connectivity index (χ3n) is 3.59. The Hall–Kier alpha value is -0.520. The molecule has 84 valence electrons. The van der Waals surface area contributed by atoms with Gasteiger partial charge in [-0.05, 0) is 25.7 Å². The minimum Gasteiger partial charge on any atom is -0.321 e. The molecule has 1 aliphatic heterocycles. The summed E-state index contributed by atoms with van der Waals surface area (Å²) >= 11 is 0. The van der Waals surface area contributed by atoms with Crippen LogP contribution in [0.5, 0.6) is 0 Å². The molecule has 2 heteroatoms. The normalized spacial score (nSPS) is 39.7. The summed E-state index contributed by atoms with van der Waals surface area (Å²) in [6.07, 6.45) is 12.8. The Morgan fingerprint density at radius 1 is 1.40 bits per heavy atom. The molecule has 0 N–H and O–H groups in total. The van der Waals surface area contributed by atoms with Crippen LogP contribution in [0.15, 0.2) is 0 Å². The fraction of sp³-hybridized carbons (Fsp3) is 0.846. The minimum absolute atomic E-state index is 0.0129. The van der Waals surface area contributed by atoms with Crippen LogP contribution in [0.1, 0.15) is 51.9 Å². The highest BCUT2D eigenvalue weighted by Gasteiger charge is 2.51. The second-order valence-electron chi connectivity index (χ2n) is 4.72. The molecule has 0 aromatic rings. The Labute approximate surface area is 92.3 Å². The maximum absolute atomic E-state index is 5.94. The molecule has 2 rings (SSSR count). The van der Waals surface area contributed by atoms with Crippen molar-refractivity contribution in [1.29, 1.82) is 0 Å². The number of rotatable bonds is 3. The highest BCUT2D eigenvalue weighted by molar-refractivity contribution is 4.88. The van der Waals surface area contributed by atoms with E-state index >= 15 is 0 Å². The molecule has 1 saturated heterocycles. The summed E-state index contributed by atoms with van der Waals surface area (Å²) in [5.41, 5.74) is 0. The van der Waals surface area contributed by atoms with Gasteiger partial charge in [0.2, 0.25) is 0 Å². The standard InChI is InChI=1S/C13H20O2/c1-3-4-5-9-12-14-13(15-12)10-7-6-8-11(13)2/h1,11-12H,4-10H2,2H3. The fourth-order valence-corrected chi connectivity index (χ4v) is 2.58. The van der Waals surface area contributed by atoms with E-state index < -0.39 is 0 Å². The summed E-state index contributed by atoms with van der Waals surface area (Å²) in [4.78, 5) is 0. The van der Waals surface area contributed by atoms with E-state index in [0.717, 1.165) is 25.7 Å². The average molecular weight is 208 g/mol. The van der Waals surface area contributed by atoms with Crippen molar-refractivity contribution in [3.63, 3.8) is 0 Å². The number of terminal acetylenes is 1. The third-order valence-corrected chi connectivity index (χ3v) is 3.59. The Morgan fingerprint density at radius 2 is 2.20 bits per heavy atom. The van der Waals surface area contributed by atoms with Crippen LogP contribution in [0.4, 0.5) is 0 Å². The molecular weight excluding hydrogens is 188 g/mol. The first kappa shape index (κ1) is 11.0. The van der Waals surface area contributed by atoms with Crippen molar-refractivity contribution < 1.29 is 9.47 Å². The Bertz CT molecular complexity index is 248. The molecular formula is C13H20O2. The first-order valence-corrected chi connectivity index (χ1v) is 6.06. The van der Waals surface area contributed by atoms with E-state index in [1.165, 1.54) is 19.3 Å². The van der Waals surface area contributed by atoms with Gasteiger partial charge in [-0.3, -0.25) is 0 Å². The van der Waals surface area contributed by atoms with Crippen molar-refractivity contribution in [2.45, 2.75) is 63.9 Å². The van der Waals surface area contributed by atoms with Crippen LogP contribution in [-0.4, -0.2) is 12.1 Å². The fourth-order valence-electron chi connectivity index (χ4n) is 2.58. The van der Waals surface area contributed by atoms with Crippen LogP contribution >= 0.6 is 0 Å². The Balaban J connectivity index is 1.73. The van der Waals surface area contributed by atoms with Crippen molar-refractivity contribution in [2.24, 2.45) is 5.92 Å². The van der Waals surface area contributed by atoms with Crippen LogP contribution in [0, 0.1) is 18.3 Å². The second kappa shape index (κ2) is 4.55. The van der Waals surface area contributed by atoms with E-state index in [-0.39, 0.29) is 12.1 Å². The van der Waals surface area contributed by atoms with Gasteiger partial charge in [-0.25, -0.2) is 0 Å². The molecule has 2 nitrogen and oxygen atoms in total. The van der Waals surface area contributed by atoms with Crippen molar-refractivity contribution in [3.8, 4) is 12.3 Å². The van der Waals surface area contributed by atoms with Gasteiger partial charge in [0.1, 0.15) is 0 Å². The molecule has 1 saturated carbocycles. The minimum atomic E-state index is -0.223. The zero-order valence-corrected chi connectivity index (χ0v) is 9.50. The largest absolute Gasteiger partial charge is 0.321 e. The maximum Gasteiger partial charge on any atom is 0.177 e. The molecule has 1 aliphatic carbocycles. The summed E-state index contributed by atoms with van der Waals surface area (Å²) < 4.78 is 11.9. The van der Waals surface area contributed by atoms with Gasteiger partial charge < -0.3 is 9.47 Å². The van der Waals surface area contributed by atoms with E-state index in [4.69, 9.17) is 15.9 Å². The van der Waals surface area contributed by atoms with E-state index in [9.17, 15) is 0 Å². The molecule has 0 bridgehead atoms. The summed E-state index contributed by atoms with van der Waals surface area (Å²) in [6.45, 7) is 2.23. The molecule has 2 aliphatic rings. The quantitative estimate of drug-likeness (QED) is 0.524. The van der Waals surface area contributed by atoms with Crippen molar-refractivity contribution in [1.82, 2.24) is 0 Å².